The molecule has 0 saturated heterocycles. The van der Waals surface area contributed by atoms with Gasteiger partial charge in [-0.25, -0.2) is 4.79 Å². The molecule has 0 radical (unpaired) electrons. The van der Waals surface area contributed by atoms with Crippen LogP contribution in [-0.4, -0.2) is 17.0 Å². The SMILES string of the molecule is CC(C)(C)CC(=O)NCc1ccc(C(=O)O)o1. The molecule has 1 aromatic heterocycles. The normalized spacial score (nSPS) is 11.2. The van der Waals surface area contributed by atoms with Crippen LogP contribution in [0.25, 0.3) is 0 Å². The van der Waals surface area contributed by atoms with Gasteiger partial charge in [-0.15, -0.1) is 0 Å². The van der Waals surface area contributed by atoms with Crippen LogP contribution in [0, 0.1) is 5.41 Å². The average Bonchev–Trinajstić information content (AvgIpc) is 2.60. The van der Waals surface area contributed by atoms with E-state index in [0.29, 0.717) is 12.2 Å². The largest absolute Gasteiger partial charge is 0.475 e. The van der Waals surface area contributed by atoms with Crippen molar-refractivity contribution in [3.8, 4) is 0 Å². The third kappa shape index (κ3) is 4.72. The van der Waals surface area contributed by atoms with Gasteiger partial charge in [0, 0.05) is 6.42 Å². The Hall–Kier alpha value is -1.78. The lowest BCUT2D eigenvalue weighted by molar-refractivity contribution is -0.123. The second-order valence-electron chi connectivity index (χ2n) is 5.09. The van der Waals surface area contributed by atoms with E-state index in [-0.39, 0.29) is 23.6 Å². The molecule has 1 rings (SSSR count). The maximum atomic E-state index is 11.5. The lowest BCUT2D eigenvalue weighted by Crippen LogP contribution is -2.26. The van der Waals surface area contributed by atoms with Gasteiger partial charge in [0.25, 0.3) is 0 Å². The van der Waals surface area contributed by atoms with Gasteiger partial charge < -0.3 is 14.8 Å². The molecule has 94 valence electrons. The Bertz CT molecular complexity index is 414. The molecule has 1 heterocycles. The molecule has 0 saturated carbocycles. The van der Waals surface area contributed by atoms with Gasteiger partial charge in [0.1, 0.15) is 5.76 Å². The first-order valence-corrected chi connectivity index (χ1v) is 5.37. The first kappa shape index (κ1) is 13.3. The zero-order valence-electron chi connectivity index (χ0n) is 10.2. The predicted molar refractivity (Wildman–Crippen MR) is 61.6 cm³/mol. The van der Waals surface area contributed by atoms with Gasteiger partial charge in [0.05, 0.1) is 6.54 Å². The lowest BCUT2D eigenvalue weighted by atomic mass is 9.92. The van der Waals surface area contributed by atoms with Crippen LogP contribution in [0.4, 0.5) is 0 Å². The van der Waals surface area contributed by atoms with Crippen LogP contribution in [0.1, 0.15) is 43.5 Å². The number of carboxylic acids is 1. The predicted octanol–water partition coefficient (Wildman–Crippen LogP) is 2.03. The summed E-state index contributed by atoms with van der Waals surface area (Å²) in [7, 11) is 0. The van der Waals surface area contributed by atoms with E-state index in [1.807, 2.05) is 20.8 Å². The van der Waals surface area contributed by atoms with Crippen LogP contribution in [0.2, 0.25) is 0 Å². The second kappa shape index (κ2) is 5.03. The Morgan fingerprint density at radius 3 is 2.47 bits per heavy atom. The third-order valence-electron chi connectivity index (χ3n) is 2.02. The summed E-state index contributed by atoms with van der Waals surface area (Å²) in [6, 6.07) is 2.91. The molecule has 0 unspecified atom stereocenters. The molecular weight excluding hydrogens is 222 g/mol. The number of rotatable bonds is 4. The minimum absolute atomic E-state index is 0.0700. The first-order chi connectivity index (χ1) is 7.78. The van der Waals surface area contributed by atoms with Crippen molar-refractivity contribution in [1.29, 1.82) is 0 Å². The summed E-state index contributed by atoms with van der Waals surface area (Å²) in [5, 5.41) is 11.3. The maximum Gasteiger partial charge on any atom is 0.371 e. The number of hydrogen-bond acceptors (Lipinski definition) is 3. The van der Waals surface area contributed by atoms with Crippen LogP contribution in [0.3, 0.4) is 0 Å². The molecule has 0 aliphatic carbocycles. The minimum Gasteiger partial charge on any atom is -0.475 e. The van der Waals surface area contributed by atoms with Crippen molar-refractivity contribution in [3.05, 3.63) is 23.7 Å². The molecule has 0 aliphatic heterocycles. The molecule has 0 aromatic carbocycles. The molecule has 0 spiro atoms. The highest BCUT2D eigenvalue weighted by atomic mass is 16.4. The summed E-state index contributed by atoms with van der Waals surface area (Å²) in [5.74, 6) is -0.877. The van der Waals surface area contributed by atoms with Crippen molar-refractivity contribution in [2.75, 3.05) is 0 Å². The molecule has 0 fully saturated rings. The van der Waals surface area contributed by atoms with E-state index in [2.05, 4.69) is 5.32 Å². The standard InChI is InChI=1S/C12H17NO4/c1-12(2,3)6-10(14)13-7-8-4-5-9(17-8)11(15)16/h4-5H,6-7H2,1-3H3,(H,13,14)(H,15,16). The van der Waals surface area contributed by atoms with E-state index < -0.39 is 5.97 Å². The summed E-state index contributed by atoms with van der Waals surface area (Å²) in [5.41, 5.74) is -0.0700. The van der Waals surface area contributed by atoms with Crippen LogP contribution >= 0.6 is 0 Å². The average molecular weight is 239 g/mol. The van der Waals surface area contributed by atoms with Crippen LogP contribution < -0.4 is 5.32 Å². The number of carbonyl (C=O) groups is 2. The molecule has 1 amide bonds. The molecule has 0 aliphatic rings. The van der Waals surface area contributed by atoms with Crippen molar-refractivity contribution < 1.29 is 19.1 Å². The molecule has 2 N–H and O–H groups in total. The van der Waals surface area contributed by atoms with E-state index in [9.17, 15) is 9.59 Å². The molecule has 0 bridgehead atoms. The molecule has 5 nitrogen and oxygen atoms in total. The monoisotopic (exact) mass is 239 g/mol. The van der Waals surface area contributed by atoms with E-state index in [1.165, 1.54) is 6.07 Å². The van der Waals surface area contributed by atoms with E-state index >= 15 is 0 Å². The Balaban J connectivity index is 2.45. The molecule has 5 heteroatoms. The summed E-state index contributed by atoms with van der Waals surface area (Å²) >= 11 is 0. The highest BCUT2D eigenvalue weighted by Crippen LogP contribution is 2.18. The van der Waals surface area contributed by atoms with Gasteiger partial charge in [-0.2, -0.15) is 0 Å². The topological polar surface area (TPSA) is 79.5 Å². The lowest BCUT2D eigenvalue weighted by Gasteiger charge is -2.16. The highest BCUT2D eigenvalue weighted by molar-refractivity contribution is 5.84. The summed E-state index contributed by atoms with van der Waals surface area (Å²) in [6.45, 7) is 6.13. The summed E-state index contributed by atoms with van der Waals surface area (Å²) in [4.78, 5) is 22.1. The number of carboxylic acid groups (broad SMARTS) is 1. The molecule has 17 heavy (non-hydrogen) atoms. The Morgan fingerprint density at radius 2 is 2.00 bits per heavy atom. The zero-order chi connectivity index (χ0) is 13.1. The van der Waals surface area contributed by atoms with Crippen molar-refractivity contribution in [2.24, 2.45) is 5.41 Å². The maximum absolute atomic E-state index is 11.5. The number of aromatic carboxylic acids is 1. The van der Waals surface area contributed by atoms with Crippen LogP contribution in [-0.2, 0) is 11.3 Å². The summed E-state index contributed by atoms with van der Waals surface area (Å²) < 4.78 is 5.01. The fraction of sp³-hybridized carbons (Fsp3) is 0.500. The quantitative estimate of drug-likeness (QED) is 0.842. The smallest absolute Gasteiger partial charge is 0.371 e. The van der Waals surface area contributed by atoms with Gasteiger partial charge in [0.15, 0.2) is 0 Å². The highest BCUT2D eigenvalue weighted by Gasteiger charge is 2.16. The van der Waals surface area contributed by atoms with Crippen molar-refractivity contribution in [2.45, 2.75) is 33.7 Å². The van der Waals surface area contributed by atoms with Crippen molar-refractivity contribution in [1.82, 2.24) is 5.32 Å². The molecule has 1 aromatic rings. The van der Waals surface area contributed by atoms with Crippen molar-refractivity contribution >= 4 is 11.9 Å². The first-order valence-electron chi connectivity index (χ1n) is 5.37. The number of nitrogens with one attached hydrogen (secondary N) is 1. The van der Waals surface area contributed by atoms with Gasteiger partial charge in [-0.05, 0) is 17.5 Å². The minimum atomic E-state index is -1.11. The Kier molecular flexibility index (Phi) is 3.93. The van der Waals surface area contributed by atoms with Gasteiger partial charge in [0.2, 0.25) is 11.7 Å². The Labute approximate surface area is 99.8 Å². The fourth-order valence-corrected chi connectivity index (χ4v) is 1.32. The van der Waals surface area contributed by atoms with Gasteiger partial charge in [-0.1, -0.05) is 20.8 Å². The number of amides is 1. The molecule has 0 atom stereocenters. The number of furan rings is 1. The molecular formula is C12H17NO4. The zero-order valence-corrected chi connectivity index (χ0v) is 10.2. The van der Waals surface area contributed by atoms with E-state index in [4.69, 9.17) is 9.52 Å². The van der Waals surface area contributed by atoms with Gasteiger partial charge in [-0.3, -0.25) is 4.79 Å². The van der Waals surface area contributed by atoms with Crippen LogP contribution in [0.15, 0.2) is 16.5 Å². The third-order valence-corrected chi connectivity index (χ3v) is 2.02. The van der Waals surface area contributed by atoms with E-state index in [0.717, 1.165) is 0 Å². The Morgan fingerprint density at radius 1 is 1.35 bits per heavy atom. The van der Waals surface area contributed by atoms with Crippen LogP contribution in [0.5, 0.6) is 0 Å². The van der Waals surface area contributed by atoms with Gasteiger partial charge >= 0.3 is 5.97 Å². The van der Waals surface area contributed by atoms with E-state index in [1.54, 1.807) is 6.07 Å². The number of hydrogen-bond donors (Lipinski definition) is 2. The second-order valence-corrected chi connectivity index (χ2v) is 5.09. The fourth-order valence-electron chi connectivity index (χ4n) is 1.32. The summed E-state index contributed by atoms with van der Waals surface area (Å²) in [6.07, 6.45) is 0.416. The van der Waals surface area contributed by atoms with Crippen molar-refractivity contribution in [3.63, 3.8) is 0 Å². The number of carbonyl (C=O) groups excluding carboxylic acids is 1.